The van der Waals surface area contributed by atoms with Gasteiger partial charge in [-0.1, -0.05) is 12.1 Å². The molecule has 32 heavy (non-hydrogen) atoms. The van der Waals surface area contributed by atoms with Gasteiger partial charge in [0.15, 0.2) is 11.7 Å². The van der Waals surface area contributed by atoms with Crippen molar-refractivity contribution >= 4 is 35.8 Å². The molecule has 9 heteroatoms. The maximum atomic E-state index is 13.3. The van der Waals surface area contributed by atoms with Gasteiger partial charge < -0.3 is 24.7 Å². The number of halogens is 2. The highest BCUT2D eigenvalue weighted by Gasteiger charge is 2.28. The molecule has 0 bridgehead atoms. The van der Waals surface area contributed by atoms with Gasteiger partial charge in [0.25, 0.3) is 5.91 Å². The second-order valence-electron chi connectivity index (χ2n) is 7.67. The largest absolute Gasteiger partial charge is 0.459 e. The Morgan fingerprint density at radius 3 is 2.62 bits per heavy atom. The third kappa shape index (κ3) is 7.19. The first-order valence-electron chi connectivity index (χ1n) is 10.7. The molecule has 0 saturated carbocycles. The molecule has 1 amide bonds. The Hall–Kier alpha value is -2.14. The van der Waals surface area contributed by atoms with Crippen molar-refractivity contribution in [3.05, 3.63) is 59.3 Å². The van der Waals surface area contributed by atoms with Crippen LogP contribution < -0.4 is 10.6 Å². The van der Waals surface area contributed by atoms with Crippen molar-refractivity contribution in [3.63, 3.8) is 0 Å². The Labute approximate surface area is 205 Å². The van der Waals surface area contributed by atoms with Crippen LogP contribution in [-0.2, 0) is 4.74 Å². The molecule has 2 heterocycles. The molecule has 2 N–H and O–H groups in total. The SMILES string of the molecule is CCNC(=NCCCNC(=O)c1occc1C)N1CC(C)OC(c2ccc(F)cc2)C1.I. The van der Waals surface area contributed by atoms with Crippen LogP contribution >= 0.6 is 24.0 Å². The fourth-order valence-corrected chi connectivity index (χ4v) is 3.56. The Balaban J connectivity index is 0.00000363. The van der Waals surface area contributed by atoms with Crippen LogP contribution in [0.25, 0.3) is 0 Å². The molecule has 1 aliphatic heterocycles. The van der Waals surface area contributed by atoms with E-state index in [1.54, 1.807) is 18.2 Å². The number of hydrogen-bond donors (Lipinski definition) is 2. The average Bonchev–Trinajstić information content (AvgIpc) is 3.18. The minimum Gasteiger partial charge on any atom is -0.459 e. The summed E-state index contributed by atoms with van der Waals surface area (Å²) in [6, 6.07) is 8.22. The summed E-state index contributed by atoms with van der Waals surface area (Å²) in [4.78, 5) is 19.0. The summed E-state index contributed by atoms with van der Waals surface area (Å²) >= 11 is 0. The van der Waals surface area contributed by atoms with Crippen molar-refractivity contribution in [2.75, 3.05) is 32.7 Å². The van der Waals surface area contributed by atoms with Crippen LogP contribution in [-0.4, -0.2) is 55.6 Å². The van der Waals surface area contributed by atoms with Gasteiger partial charge in [-0.25, -0.2) is 4.39 Å². The second-order valence-corrected chi connectivity index (χ2v) is 7.67. The van der Waals surface area contributed by atoms with Crippen molar-refractivity contribution in [1.29, 1.82) is 0 Å². The Morgan fingerprint density at radius 1 is 1.22 bits per heavy atom. The third-order valence-corrected chi connectivity index (χ3v) is 5.09. The zero-order valence-corrected chi connectivity index (χ0v) is 21.1. The van der Waals surface area contributed by atoms with Crippen LogP contribution in [0.1, 0.15) is 48.1 Å². The molecule has 0 spiro atoms. The fourth-order valence-electron chi connectivity index (χ4n) is 3.56. The van der Waals surface area contributed by atoms with Gasteiger partial charge in [0, 0.05) is 31.7 Å². The molecular formula is C23H32FIN4O3. The standard InChI is InChI=1S/C23H31FN4O3.HI/c1-4-25-23(27-12-5-11-26-22(29)21-16(2)10-13-30-21)28-14-17(3)31-20(15-28)18-6-8-19(24)9-7-18;/h6-10,13,17,20H,4-5,11-12,14-15H2,1-3H3,(H,25,27)(H,26,29);1H. The molecule has 0 radical (unpaired) electrons. The molecule has 1 aliphatic rings. The first kappa shape index (κ1) is 26.1. The first-order valence-corrected chi connectivity index (χ1v) is 10.7. The zero-order valence-electron chi connectivity index (χ0n) is 18.8. The van der Waals surface area contributed by atoms with Crippen molar-refractivity contribution < 1.29 is 18.3 Å². The predicted molar refractivity (Wildman–Crippen MR) is 133 cm³/mol. The van der Waals surface area contributed by atoms with Crippen LogP contribution in [0.2, 0.25) is 0 Å². The maximum Gasteiger partial charge on any atom is 0.287 e. The summed E-state index contributed by atoms with van der Waals surface area (Å²) in [7, 11) is 0. The first-order chi connectivity index (χ1) is 15.0. The monoisotopic (exact) mass is 558 g/mol. The number of morpholine rings is 1. The third-order valence-electron chi connectivity index (χ3n) is 5.09. The van der Waals surface area contributed by atoms with E-state index >= 15 is 0 Å². The second kappa shape index (κ2) is 12.8. The number of amides is 1. The smallest absolute Gasteiger partial charge is 0.287 e. The van der Waals surface area contributed by atoms with Crippen molar-refractivity contribution in [2.45, 2.75) is 39.4 Å². The van der Waals surface area contributed by atoms with Crippen molar-refractivity contribution in [3.8, 4) is 0 Å². The summed E-state index contributed by atoms with van der Waals surface area (Å²) in [6.45, 7) is 9.09. The summed E-state index contributed by atoms with van der Waals surface area (Å²) < 4.78 is 24.6. The number of nitrogens with one attached hydrogen (secondary N) is 2. The number of carbonyl (C=O) groups is 1. The van der Waals surface area contributed by atoms with Gasteiger partial charge in [0.1, 0.15) is 11.9 Å². The summed E-state index contributed by atoms with van der Waals surface area (Å²) in [5, 5.41) is 6.21. The molecule has 2 unspecified atom stereocenters. The van der Waals surface area contributed by atoms with Crippen LogP contribution in [0.15, 0.2) is 46.0 Å². The van der Waals surface area contributed by atoms with Gasteiger partial charge in [-0.05, 0) is 51.0 Å². The van der Waals surface area contributed by atoms with Crippen molar-refractivity contribution in [2.24, 2.45) is 4.99 Å². The van der Waals surface area contributed by atoms with E-state index in [9.17, 15) is 9.18 Å². The Morgan fingerprint density at radius 2 is 1.97 bits per heavy atom. The number of guanidine groups is 1. The molecule has 1 aromatic heterocycles. The molecule has 1 fully saturated rings. The molecule has 2 atom stereocenters. The van der Waals surface area contributed by atoms with Crippen molar-refractivity contribution in [1.82, 2.24) is 15.5 Å². The molecule has 1 saturated heterocycles. The maximum absolute atomic E-state index is 13.3. The van der Waals surface area contributed by atoms with Gasteiger partial charge >= 0.3 is 0 Å². The van der Waals surface area contributed by atoms with E-state index in [4.69, 9.17) is 14.1 Å². The minimum absolute atomic E-state index is 0. The summed E-state index contributed by atoms with van der Waals surface area (Å²) in [5.41, 5.74) is 1.77. The Bertz CT molecular complexity index is 888. The predicted octanol–water partition coefficient (Wildman–Crippen LogP) is 3.89. The number of nitrogens with zero attached hydrogens (tertiary/aromatic N) is 2. The lowest BCUT2D eigenvalue weighted by molar-refractivity contribution is -0.0605. The lowest BCUT2D eigenvalue weighted by atomic mass is 10.1. The van der Waals surface area contributed by atoms with E-state index in [-0.39, 0.29) is 47.9 Å². The molecule has 7 nitrogen and oxygen atoms in total. The highest BCUT2D eigenvalue weighted by Crippen LogP contribution is 2.25. The van der Waals surface area contributed by atoms with Crippen LogP contribution in [0.3, 0.4) is 0 Å². The van der Waals surface area contributed by atoms with Crippen LogP contribution in [0.4, 0.5) is 4.39 Å². The number of aliphatic imine (C=N–C) groups is 1. The summed E-state index contributed by atoms with van der Waals surface area (Å²) in [5.74, 6) is 0.708. The van der Waals surface area contributed by atoms with E-state index < -0.39 is 0 Å². The normalized spacial score (nSPS) is 18.8. The van der Waals surface area contributed by atoms with E-state index in [0.717, 1.165) is 30.2 Å². The minimum atomic E-state index is -0.256. The lowest BCUT2D eigenvalue weighted by Crippen LogP contribution is -2.50. The molecule has 0 aliphatic carbocycles. The number of aryl methyl sites for hydroxylation is 1. The topological polar surface area (TPSA) is 79.1 Å². The van der Waals surface area contributed by atoms with Gasteiger partial charge in [-0.3, -0.25) is 9.79 Å². The summed E-state index contributed by atoms with van der Waals surface area (Å²) in [6.07, 6.45) is 2.09. The number of furan rings is 1. The van der Waals surface area contributed by atoms with Gasteiger partial charge in [0.05, 0.1) is 18.9 Å². The van der Waals surface area contributed by atoms with E-state index in [1.807, 2.05) is 20.8 Å². The zero-order chi connectivity index (χ0) is 22.2. The van der Waals surface area contributed by atoms with E-state index in [1.165, 1.54) is 18.4 Å². The number of rotatable bonds is 7. The molecular weight excluding hydrogens is 526 g/mol. The van der Waals surface area contributed by atoms with Crippen LogP contribution in [0, 0.1) is 12.7 Å². The quantitative estimate of drug-likeness (QED) is 0.234. The molecule has 1 aromatic carbocycles. The molecule has 3 rings (SSSR count). The fraction of sp³-hybridized carbons (Fsp3) is 0.478. The number of hydrogen-bond acceptors (Lipinski definition) is 4. The Kier molecular flexibility index (Phi) is 10.4. The highest BCUT2D eigenvalue weighted by atomic mass is 127. The number of ether oxygens (including phenoxy) is 1. The van der Waals surface area contributed by atoms with Gasteiger partial charge in [-0.2, -0.15) is 0 Å². The average molecular weight is 558 g/mol. The number of benzene rings is 1. The molecule has 2 aromatic rings. The van der Waals surface area contributed by atoms with E-state index in [2.05, 4.69) is 15.5 Å². The van der Waals surface area contributed by atoms with Gasteiger partial charge in [0.2, 0.25) is 0 Å². The highest BCUT2D eigenvalue weighted by molar-refractivity contribution is 14.0. The van der Waals surface area contributed by atoms with Gasteiger partial charge in [-0.15, -0.1) is 24.0 Å². The van der Waals surface area contributed by atoms with E-state index in [0.29, 0.717) is 31.8 Å². The lowest BCUT2D eigenvalue weighted by Gasteiger charge is -2.38. The van der Waals surface area contributed by atoms with Crippen LogP contribution in [0.5, 0.6) is 0 Å². The molecule has 176 valence electrons. The number of carbonyl (C=O) groups excluding carboxylic acids is 1.